The molecule has 1 aromatic heterocycles. The molecule has 0 fully saturated rings. The molecule has 2 aromatic rings. The number of benzene rings is 1. The van der Waals surface area contributed by atoms with Crippen LogP contribution >= 0.6 is 11.6 Å². The van der Waals surface area contributed by atoms with Gasteiger partial charge in [-0.15, -0.1) is 11.6 Å². The van der Waals surface area contributed by atoms with Crippen molar-refractivity contribution in [2.24, 2.45) is 0 Å². The van der Waals surface area contributed by atoms with Gasteiger partial charge in [-0.2, -0.15) is 0 Å². The molecule has 0 radical (unpaired) electrons. The van der Waals surface area contributed by atoms with E-state index in [0.717, 1.165) is 11.3 Å². The molecule has 3 nitrogen and oxygen atoms in total. The van der Waals surface area contributed by atoms with Gasteiger partial charge in [-0.1, -0.05) is 0 Å². The van der Waals surface area contributed by atoms with Crippen molar-refractivity contribution in [1.29, 1.82) is 0 Å². The summed E-state index contributed by atoms with van der Waals surface area (Å²) in [5, 5.41) is 0. The molecule has 0 saturated heterocycles. The Labute approximate surface area is 111 Å². The summed E-state index contributed by atoms with van der Waals surface area (Å²) in [6.07, 6.45) is 0.659. The van der Waals surface area contributed by atoms with Crippen molar-refractivity contribution >= 4 is 22.6 Å². The van der Waals surface area contributed by atoms with E-state index in [1.54, 1.807) is 13.2 Å². The van der Waals surface area contributed by atoms with Crippen LogP contribution in [0.4, 0.5) is 4.39 Å². The highest BCUT2D eigenvalue weighted by Gasteiger charge is 2.15. The van der Waals surface area contributed by atoms with Crippen molar-refractivity contribution in [3.8, 4) is 0 Å². The van der Waals surface area contributed by atoms with Gasteiger partial charge in [-0.05, 0) is 19.1 Å². The Bertz CT molecular complexity index is 541. The summed E-state index contributed by atoms with van der Waals surface area (Å²) < 4.78 is 20.5. The lowest BCUT2D eigenvalue weighted by atomic mass is 10.2. The Morgan fingerprint density at radius 3 is 2.94 bits per heavy atom. The second-order valence-electron chi connectivity index (χ2n) is 4.27. The summed E-state index contributed by atoms with van der Waals surface area (Å²) in [5.41, 5.74) is 1.58. The van der Waals surface area contributed by atoms with Crippen molar-refractivity contribution in [3.05, 3.63) is 29.8 Å². The Kier molecular flexibility index (Phi) is 4.19. The quantitative estimate of drug-likeness (QED) is 0.781. The normalized spacial score (nSPS) is 13.1. The van der Waals surface area contributed by atoms with Crippen LogP contribution in [0.1, 0.15) is 18.8 Å². The Morgan fingerprint density at radius 1 is 1.50 bits per heavy atom. The minimum atomic E-state index is -0.274. The van der Waals surface area contributed by atoms with Crippen LogP contribution in [0.5, 0.6) is 0 Å². The van der Waals surface area contributed by atoms with Crippen molar-refractivity contribution in [2.45, 2.75) is 19.4 Å². The van der Waals surface area contributed by atoms with Crippen molar-refractivity contribution in [3.63, 3.8) is 0 Å². The van der Waals surface area contributed by atoms with E-state index in [9.17, 15) is 4.39 Å². The first-order valence-electron chi connectivity index (χ1n) is 5.88. The van der Waals surface area contributed by atoms with Gasteiger partial charge in [-0.25, -0.2) is 9.37 Å². The lowest BCUT2D eigenvalue weighted by Gasteiger charge is -2.16. The number of imidazole rings is 1. The molecule has 0 bridgehead atoms. The van der Waals surface area contributed by atoms with E-state index in [1.807, 2.05) is 6.92 Å². The third-order valence-electron chi connectivity index (χ3n) is 2.89. The first-order valence-corrected chi connectivity index (χ1v) is 6.42. The zero-order chi connectivity index (χ0) is 13.1. The van der Waals surface area contributed by atoms with Crippen LogP contribution in [0.3, 0.4) is 0 Å². The predicted octanol–water partition coefficient (Wildman–Crippen LogP) is 3.16. The number of halogens is 2. The average molecular weight is 271 g/mol. The van der Waals surface area contributed by atoms with Gasteiger partial charge in [0.2, 0.25) is 0 Å². The average Bonchev–Trinajstić information content (AvgIpc) is 2.67. The van der Waals surface area contributed by atoms with Crippen molar-refractivity contribution in [2.75, 3.05) is 19.6 Å². The lowest BCUT2D eigenvalue weighted by Crippen LogP contribution is -2.14. The van der Waals surface area contributed by atoms with Gasteiger partial charge in [-0.3, -0.25) is 0 Å². The van der Waals surface area contributed by atoms with Gasteiger partial charge >= 0.3 is 0 Å². The molecule has 0 aliphatic rings. The summed E-state index contributed by atoms with van der Waals surface area (Å²) in [5.74, 6) is 1.09. The number of aromatic nitrogens is 2. The van der Waals surface area contributed by atoms with E-state index in [0.29, 0.717) is 24.4 Å². The molecule has 2 rings (SSSR count). The van der Waals surface area contributed by atoms with E-state index in [1.165, 1.54) is 12.1 Å². The molecule has 1 atom stereocenters. The van der Waals surface area contributed by atoms with Crippen LogP contribution in [-0.2, 0) is 11.2 Å². The molecule has 1 heterocycles. The van der Waals surface area contributed by atoms with E-state index in [4.69, 9.17) is 16.3 Å². The molecule has 18 heavy (non-hydrogen) atoms. The number of methoxy groups -OCH3 is 1. The third kappa shape index (κ3) is 2.49. The van der Waals surface area contributed by atoms with Crippen LogP contribution in [-0.4, -0.2) is 29.1 Å². The van der Waals surface area contributed by atoms with E-state index >= 15 is 0 Å². The molecular weight excluding hydrogens is 255 g/mol. The second-order valence-corrected chi connectivity index (χ2v) is 4.65. The maximum Gasteiger partial charge on any atom is 0.125 e. The SMILES string of the molecule is COCC(C)n1c(CCCl)nc2cc(F)ccc21. The number of hydrogen-bond acceptors (Lipinski definition) is 2. The number of rotatable bonds is 5. The first-order chi connectivity index (χ1) is 8.67. The Hall–Kier alpha value is -1.13. The van der Waals surface area contributed by atoms with Gasteiger partial charge in [0.05, 0.1) is 23.7 Å². The summed E-state index contributed by atoms with van der Waals surface area (Å²) in [6, 6.07) is 4.79. The van der Waals surface area contributed by atoms with Gasteiger partial charge in [0.25, 0.3) is 0 Å². The van der Waals surface area contributed by atoms with Crippen LogP contribution in [0.15, 0.2) is 18.2 Å². The first kappa shape index (κ1) is 13.3. The Morgan fingerprint density at radius 2 is 2.28 bits per heavy atom. The summed E-state index contributed by atoms with van der Waals surface area (Å²) in [6.45, 7) is 2.63. The molecule has 0 N–H and O–H groups in total. The smallest absolute Gasteiger partial charge is 0.125 e. The third-order valence-corrected chi connectivity index (χ3v) is 3.08. The number of fused-ring (bicyclic) bond motifs is 1. The highest BCUT2D eigenvalue weighted by atomic mass is 35.5. The molecule has 0 aliphatic heterocycles. The molecule has 1 aromatic carbocycles. The minimum absolute atomic E-state index is 0.142. The van der Waals surface area contributed by atoms with Crippen LogP contribution in [0.2, 0.25) is 0 Å². The zero-order valence-corrected chi connectivity index (χ0v) is 11.2. The molecular formula is C13H16ClFN2O. The number of alkyl halides is 1. The predicted molar refractivity (Wildman–Crippen MR) is 70.7 cm³/mol. The van der Waals surface area contributed by atoms with Crippen LogP contribution in [0, 0.1) is 5.82 Å². The van der Waals surface area contributed by atoms with Crippen molar-refractivity contribution < 1.29 is 9.13 Å². The standard InChI is InChI=1S/C13H16ClFN2O/c1-9(8-18-2)17-12-4-3-10(15)7-11(12)16-13(17)5-6-14/h3-4,7,9H,5-6,8H2,1-2H3. The number of nitrogens with zero attached hydrogens (tertiary/aromatic N) is 2. The van der Waals surface area contributed by atoms with Crippen LogP contribution < -0.4 is 0 Å². The maximum atomic E-state index is 13.2. The van der Waals surface area contributed by atoms with Crippen molar-refractivity contribution in [1.82, 2.24) is 9.55 Å². The molecule has 1 unspecified atom stereocenters. The van der Waals surface area contributed by atoms with E-state index < -0.39 is 0 Å². The number of ether oxygens (including phenoxy) is 1. The van der Waals surface area contributed by atoms with Gasteiger partial charge < -0.3 is 9.30 Å². The fourth-order valence-electron chi connectivity index (χ4n) is 2.19. The highest BCUT2D eigenvalue weighted by molar-refractivity contribution is 6.17. The largest absolute Gasteiger partial charge is 0.383 e. The topological polar surface area (TPSA) is 27.1 Å². The number of hydrogen-bond donors (Lipinski definition) is 0. The monoisotopic (exact) mass is 270 g/mol. The van der Waals surface area contributed by atoms with Gasteiger partial charge in [0, 0.05) is 25.5 Å². The van der Waals surface area contributed by atoms with E-state index in [2.05, 4.69) is 9.55 Å². The molecule has 0 amide bonds. The maximum absolute atomic E-state index is 13.2. The lowest BCUT2D eigenvalue weighted by molar-refractivity contribution is 0.162. The minimum Gasteiger partial charge on any atom is -0.383 e. The fourth-order valence-corrected chi connectivity index (χ4v) is 2.36. The molecule has 5 heteroatoms. The molecule has 98 valence electrons. The molecule has 0 spiro atoms. The van der Waals surface area contributed by atoms with Gasteiger partial charge in [0.15, 0.2) is 0 Å². The van der Waals surface area contributed by atoms with E-state index in [-0.39, 0.29) is 11.9 Å². The molecule has 0 saturated carbocycles. The molecule has 0 aliphatic carbocycles. The number of aryl methyl sites for hydroxylation is 1. The highest BCUT2D eigenvalue weighted by Crippen LogP contribution is 2.22. The van der Waals surface area contributed by atoms with Crippen LogP contribution in [0.25, 0.3) is 11.0 Å². The van der Waals surface area contributed by atoms with Gasteiger partial charge in [0.1, 0.15) is 11.6 Å². The Balaban J connectivity index is 2.54. The summed E-state index contributed by atoms with van der Waals surface area (Å²) in [7, 11) is 1.66. The fraction of sp³-hybridized carbons (Fsp3) is 0.462. The second kappa shape index (κ2) is 5.67. The zero-order valence-electron chi connectivity index (χ0n) is 10.5. The summed E-state index contributed by atoms with van der Waals surface area (Å²) >= 11 is 5.79. The summed E-state index contributed by atoms with van der Waals surface area (Å²) in [4.78, 5) is 4.45.